The van der Waals surface area contributed by atoms with Crippen LogP contribution >= 0.6 is 11.6 Å². The molecule has 0 bridgehead atoms. The summed E-state index contributed by atoms with van der Waals surface area (Å²) in [5.41, 5.74) is 0.141. The number of rotatable bonds is 6. The minimum absolute atomic E-state index is 0.141. The second-order valence-electron chi connectivity index (χ2n) is 3.00. The largest absolute Gasteiger partial charge is 0.490 e. The van der Waals surface area contributed by atoms with Crippen molar-refractivity contribution in [1.82, 2.24) is 0 Å². The summed E-state index contributed by atoms with van der Waals surface area (Å²) in [7, 11) is 0. The molecule has 0 amide bonds. The van der Waals surface area contributed by atoms with Crippen molar-refractivity contribution in [2.24, 2.45) is 0 Å². The minimum atomic E-state index is -1.01. The van der Waals surface area contributed by atoms with Gasteiger partial charge in [-0.2, -0.15) is 0 Å². The Balaban J connectivity index is 2.57. The predicted octanol–water partition coefficient (Wildman–Crippen LogP) is 2.45. The summed E-state index contributed by atoms with van der Waals surface area (Å²) < 4.78 is 10.4. The van der Waals surface area contributed by atoms with Gasteiger partial charge in [-0.3, -0.25) is 0 Å². The Labute approximate surface area is 98.7 Å². The van der Waals surface area contributed by atoms with Gasteiger partial charge in [-0.1, -0.05) is 11.6 Å². The zero-order valence-electron chi connectivity index (χ0n) is 8.90. The number of carbonyl (C=O) groups is 1. The molecule has 0 atom stereocenters. The molecule has 1 aromatic carbocycles. The Morgan fingerprint density at radius 1 is 1.44 bits per heavy atom. The molecule has 1 aromatic rings. The number of ether oxygens (including phenoxy) is 2. The smallest absolute Gasteiger partial charge is 0.335 e. The van der Waals surface area contributed by atoms with Crippen molar-refractivity contribution < 1.29 is 19.4 Å². The maximum Gasteiger partial charge on any atom is 0.335 e. The molecule has 0 aliphatic heterocycles. The average molecular weight is 245 g/mol. The van der Waals surface area contributed by atoms with Gasteiger partial charge in [0.05, 0.1) is 17.2 Å². The first kappa shape index (κ1) is 12.8. The average Bonchev–Trinajstić information content (AvgIpc) is 2.26. The Kier molecular flexibility index (Phi) is 5.08. The van der Waals surface area contributed by atoms with Crippen LogP contribution in [-0.2, 0) is 4.74 Å². The van der Waals surface area contributed by atoms with Gasteiger partial charge < -0.3 is 14.6 Å². The van der Waals surface area contributed by atoms with Crippen LogP contribution in [0.25, 0.3) is 0 Å². The summed E-state index contributed by atoms with van der Waals surface area (Å²) in [5, 5.41) is 9.02. The second-order valence-corrected chi connectivity index (χ2v) is 3.40. The molecule has 0 spiro atoms. The van der Waals surface area contributed by atoms with Gasteiger partial charge in [-0.25, -0.2) is 4.79 Å². The SMILES string of the molecule is CCOCCOc1ccc(C(=O)O)cc1Cl. The highest BCUT2D eigenvalue weighted by Crippen LogP contribution is 2.25. The van der Waals surface area contributed by atoms with Crippen LogP contribution < -0.4 is 4.74 Å². The van der Waals surface area contributed by atoms with Gasteiger partial charge in [0.1, 0.15) is 12.4 Å². The van der Waals surface area contributed by atoms with E-state index in [1.54, 1.807) is 0 Å². The number of halogens is 1. The fourth-order valence-electron chi connectivity index (χ4n) is 1.11. The van der Waals surface area contributed by atoms with E-state index in [1.165, 1.54) is 18.2 Å². The predicted molar refractivity (Wildman–Crippen MR) is 60.4 cm³/mol. The lowest BCUT2D eigenvalue weighted by atomic mass is 10.2. The fourth-order valence-corrected chi connectivity index (χ4v) is 1.34. The molecular formula is C11H13ClO4. The molecule has 1 rings (SSSR count). The van der Waals surface area contributed by atoms with Crippen LogP contribution in [0.3, 0.4) is 0 Å². The Morgan fingerprint density at radius 3 is 2.75 bits per heavy atom. The highest BCUT2D eigenvalue weighted by Gasteiger charge is 2.07. The number of carboxylic acid groups (broad SMARTS) is 1. The molecule has 0 radical (unpaired) electrons. The lowest BCUT2D eigenvalue weighted by molar-refractivity contribution is 0.0696. The first-order valence-electron chi connectivity index (χ1n) is 4.88. The molecule has 1 N–H and O–H groups in total. The van der Waals surface area contributed by atoms with Crippen molar-refractivity contribution in [2.45, 2.75) is 6.92 Å². The summed E-state index contributed by atoms with van der Waals surface area (Å²) in [6.45, 7) is 3.40. The van der Waals surface area contributed by atoms with E-state index in [-0.39, 0.29) is 10.6 Å². The van der Waals surface area contributed by atoms with Crippen molar-refractivity contribution in [3.05, 3.63) is 28.8 Å². The third kappa shape index (κ3) is 3.72. The van der Waals surface area contributed by atoms with E-state index >= 15 is 0 Å². The van der Waals surface area contributed by atoms with E-state index in [0.717, 1.165) is 0 Å². The molecular weight excluding hydrogens is 232 g/mol. The van der Waals surface area contributed by atoms with Crippen molar-refractivity contribution in [2.75, 3.05) is 19.8 Å². The molecule has 0 aromatic heterocycles. The first-order chi connectivity index (χ1) is 7.65. The Hall–Kier alpha value is -1.26. The molecule has 0 heterocycles. The zero-order chi connectivity index (χ0) is 12.0. The molecule has 0 saturated carbocycles. The standard InChI is InChI=1S/C11H13ClO4/c1-2-15-5-6-16-10-4-3-8(11(13)14)7-9(10)12/h3-4,7H,2,5-6H2,1H3,(H,13,14). The van der Waals surface area contributed by atoms with Gasteiger partial charge in [-0.15, -0.1) is 0 Å². The van der Waals surface area contributed by atoms with Crippen LogP contribution in [0.5, 0.6) is 5.75 Å². The summed E-state index contributed by atoms with van der Waals surface area (Å²) in [6.07, 6.45) is 0. The molecule has 4 nitrogen and oxygen atoms in total. The zero-order valence-corrected chi connectivity index (χ0v) is 9.66. The Morgan fingerprint density at radius 2 is 2.19 bits per heavy atom. The minimum Gasteiger partial charge on any atom is -0.490 e. The number of hydrogen-bond donors (Lipinski definition) is 1. The fraction of sp³-hybridized carbons (Fsp3) is 0.364. The van der Waals surface area contributed by atoms with E-state index in [4.69, 9.17) is 26.2 Å². The van der Waals surface area contributed by atoms with E-state index < -0.39 is 5.97 Å². The van der Waals surface area contributed by atoms with Crippen molar-refractivity contribution in [3.63, 3.8) is 0 Å². The van der Waals surface area contributed by atoms with Crippen molar-refractivity contribution in [3.8, 4) is 5.75 Å². The number of benzene rings is 1. The van der Waals surface area contributed by atoms with Gasteiger partial charge >= 0.3 is 5.97 Å². The third-order valence-electron chi connectivity index (χ3n) is 1.87. The van der Waals surface area contributed by atoms with Gasteiger partial charge in [0.25, 0.3) is 0 Å². The molecule has 0 aliphatic rings. The quantitative estimate of drug-likeness (QED) is 0.781. The number of carboxylic acids is 1. The normalized spacial score (nSPS) is 10.1. The van der Waals surface area contributed by atoms with Crippen LogP contribution in [0.1, 0.15) is 17.3 Å². The monoisotopic (exact) mass is 244 g/mol. The van der Waals surface area contributed by atoms with Crippen LogP contribution in [0.2, 0.25) is 5.02 Å². The molecule has 5 heteroatoms. The highest BCUT2D eigenvalue weighted by atomic mass is 35.5. The molecule has 16 heavy (non-hydrogen) atoms. The van der Waals surface area contributed by atoms with Crippen LogP contribution in [0.4, 0.5) is 0 Å². The molecule has 0 saturated heterocycles. The van der Waals surface area contributed by atoms with Gasteiger partial charge in [-0.05, 0) is 25.1 Å². The highest BCUT2D eigenvalue weighted by molar-refractivity contribution is 6.32. The maximum absolute atomic E-state index is 10.6. The first-order valence-corrected chi connectivity index (χ1v) is 5.26. The maximum atomic E-state index is 10.6. The van der Waals surface area contributed by atoms with Gasteiger partial charge in [0.2, 0.25) is 0 Å². The Bertz CT molecular complexity index is 365. The summed E-state index contributed by atoms with van der Waals surface area (Å²) >= 11 is 5.86. The third-order valence-corrected chi connectivity index (χ3v) is 2.16. The number of hydrogen-bond acceptors (Lipinski definition) is 3. The number of aromatic carboxylic acids is 1. The summed E-state index contributed by atoms with van der Waals surface area (Å²) in [6, 6.07) is 4.35. The van der Waals surface area contributed by atoms with Gasteiger partial charge in [0.15, 0.2) is 0 Å². The van der Waals surface area contributed by atoms with E-state index in [2.05, 4.69) is 0 Å². The van der Waals surface area contributed by atoms with Crippen molar-refractivity contribution in [1.29, 1.82) is 0 Å². The molecule has 0 aliphatic carbocycles. The topological polar surface area (TPSA) is 55.8 Å². The van der Waals surface area contributed by atoms with Crippen molar-refractivity contribution >= 4 is 17.6 Å². The van der Waals surface area contributed by atoms with Crippen LogP contribution in [0, 0.1) is 0 Å². The van der Waals surface area contributed by atoms with E-state index in [9.17, 15) is 4.79 Å². The van der Waals surface area contributed by atoms with Gasteiger partial charge in [0, 0.05) is 6.61 Å². The van der Waals surface area contributed by atoms with E-state index in [1.807, 2.05) is 6.92 Å². The lowest BCUT2D eigenvalue weighted by Gasteiger charge is -2.08. The summed E-state index contributed by atoms with van der Waals surface area (Å²) in [5.74, 6) is -0.547. The van der Waals surface area contributed by atoms with Crippen LogP contribution in [0.15, 0.2) is 18.2 Å². The molecule has 0 unspecified atom stereocenters. The second kappa shape index (κ2) is 6.35. The molecule has 88 valence electrons. The summed E-state index contributed by atoms with van der Waals surface area (Å²) in [4.78, 5) is 10.6. The van der Waals surface area contributed by atoms with Crippen LogP contribution in [-0.4, -0.2) is 30.9 Å². The molecule has 0 fully saturated rings. The lowest BCUT2D eigenvalue weighted by Crippen LogP contribution is -2.07. The van der Waals surface area contributed by atoms with E-state index in [0.29, 0.717) is 25.6 Å².